The molecule has 24 heavy (non-hydrogen) atoms. The number of para-hydroxylation sites is 1. The van der Waals surface area contributed by atoms with Gasteiger partial charge < -0.3 is 23.9 Å². The Morgan fingerprint density at radius 1 is 0.708 bits per heavy atom. The van der Waals surface area contributed by atoms with Gasteiger partial charge in [-0.2, -0.15) is 4.57 Å². The van der Waals surface area contributed by atoms with Crippen molar-refractivity contribution in [1.29, 1.82) is 0 Å². The third-order valence-electron chi connectivity index (χ3n) is 4.35. The Labute approximate surface area is 146 Å². The molecule has 0 amide bonds. The lowest BCUT2D eigenvalue weighted by atomic mass is 9.98. The lowest BCUT2D eigenvalue weighted by Crippen LogP contribution is -3.00. The number of rotatable bonds is 1. The van der Waals surface area contributed by atoms with Crippen LogP contribution in [0.15, 0.2) is 66.7 Å². The molecule has 0 unspecified atom stereocenters. The molecule has 0 spiro atoms. The molecule has 1 heterocycles. The number of benzene rings is 3. The Bertz CT molecular complexity index is 1060. The second kappa shape index (κ2) is 6.02. The SMILES string of the molecule is C[n+]1c(-c2cccc(N)c2)c2cc(N)ccc2c2ccccc21.[Cl-]. The summed E-state index contributed by atoms with van der Waals surface area (Å²) in [7, 11) is 2.09. The molecule has 0 saturated heterocycles. The second-order valence-corrected chi connectivity index (χ2v) is 5.86. The van der Waals surface area contributed by atoms with Crippen LogP contribution in [0.5, 0.6) is 0 Å². The summed E-state index contributed by atoms with van der Waals surface area (Å²) < 4.78 is 2.21. The van der Waals surface area contributed by atoms with Gasteiger partial charge in [0.05, 0.1) is 10.8 Å². The Balaban J connectivity index is 0.00000169. The highest BCUT2D eigenvalue weighted by molar-refractivity contribution is 6.09. The van der Waals surface area contributed by atoms with Gasteiger partial charge in [0.15, 0.2) is 0 Å². The standard InChI is InChI=1S/C20H18N3.ClH/c1-23-19-8-3-2-7-17(19)16-10-9-15(22)12-18(16)20(23)13-5-4-6-14(21)11-13;/h2-12H,21-22H2,1H3;1H/q+1;/p-1. The van der Waals surface area contributed by atoms with E-state index in [2.05, 4.69) is 48.0 Å². The second-order valence-electron chi connectivity index (χ2n) is 5.86. The fourth-order valence-electron chi connectivity index (χ4n) is 3.32. The number of aromatic nitrogens is 1. The fourth-order valence-corrected chi connectivity index (χ4v) is 3.32. The number of aryl methyl sites for hydroxylation is 1. The van der Waals surface area contributed by atoms with Crippen molar-refractivity contribution in [2.24, 2.45) is 7.05 Å². The van der Waals surface area contributed by atoms with E-state index in [1.165, 1.54) is 16.3 Å². The fraction of sp³-hybridized carbons (Fsp3) is 0.0500. The molecule has 1 aromatic heterocycles. The van der Waals surface area contributed by atoms with E-state index in [1.54, 1.807) is 0 Å². The van der Waals surface area contributed by atoms with Crippen molar-refractivity contribution in [2.45, 2.75) is 0 Å². The summed E-state index contributed by atoms with van der Waals surface area (Å²) in [6.45, 7) is 0. The summed E-state index contributed by atoms with van der Waals surface area (Å²) in [6.07, 6.45) is 0. The van der Waals surface area contributed by atoms with Gasteiger partial charge in [0.1, 0.15) is 7.05 Å². The maximum absolute atomic E-state index is 6.06. The molecule has 0 fully saturated rings. The molecule has 3 nitrogen and oxygen atoms in total. The highest BCUT2D eigenvalue weighted by atomic mass is 35.5. The molecule has 0 saturated carbocycles. The average Bonchev–Trinajstić information content (AvgIpc) is 2.55. The molecule has 0 bridgehead atoms. The van der Waals surface area contributed by atoms with Crippen molar-refractivity contribution in [3.05, 3.63) is 66.7 Å². The number of anilines is 2. The quantitative estimate of drug-likeness (QED) is 0.305. The monoisotopic (exact) mass is 335 g/mol. The van der Waals surface area contributed by atoms with Crippen LogP contribution >= 0.6 is 0 Å². The zero-order chi connectivity index (χ0) is 16.0. The molecule has 4 heteroatoms. The van der Waals surface area contributed by atoms with Crippen LogP contribution in [0.2, 0.25) is 0 Å². The van der Waals surface area contributed by atoms with Gasteiger partial charge in [0.2, 0.25) is 11.2 Å². The smallest absolute Gasteiger partial charge is 0.220 e. The summed E-state index contributed by atoms with van der Waals surface area (Å²) in [5, 5.41) is 3.56. The number of halogens is 1. The Morgan fingerprint density at radius 2 is 1.46 bits per heavy atom. The van der Waals surface area contributed by atoms with Crippen LogP contribution in [-0.2, 0) is 7.05 Å². The Morgan fingerprint density at radius 3 is 2.25 bits per heavy atom. The molecule has 4 aromatic rings. The van der Waals surface area contributed by atoms with Crippen molar-refractivity contribution in [3.63, 3.8) is 0 Å². The molecular formula is C20H18ClN3. The number of nitrogens with two attached hydrogens (primary N) is 2. The van der Waals surface area contributed by atoms with Crippen molar-refractivity contribution >= 4 is 33.1 Å². The van der Waals surface area contributed by atoms with E-state index in [1.807, 2.05) is 30.3 Å². The minimum absolute atomic E-state index is 0. The van der Waals surface area contributed by atoms with Crippen LogP contribution in [0.3, 0.4) is 0 Å². The average molecular weight is 336 g/mol. The summed E-state index contributed by atoms with van der Waals surface area (Å²) in [5.41, 5.74) is 17.0. The van der Waals surface area contributed by atoms with Crippen molar-refractivity contribution in [3.8, 4) is 11.3 Å². The minimum atomic E-state index is 0. The topological polar surface area (TPSA) is 55.9 Å². The van der Waals surface area contributed by atoms with Crippen LogP contribution in [-0.4, -0.2) is 0 Å². The maximum Gasteiger partial charge on any atom is 0.220 e. The van der Waals surface area contributed by atoms with Gasteiger partial charge in [-0.05, 0) is 36.4 Å². The molecule has 3 aromatic carbocycles. The molecule has 0 radical (unpaired) electrons. The van der Waals surface area contributed by atoms with E-state index < -0.39 is 0 Å². The highest BCUT2D eigenvalue weighted by Gasteiger charge is 2.20. The summed E-state index contributed by atoms with van der Waals surface area (Å²) in [5.74, 6) is 0. The molecule has 4 rings (SSSR count). The number of hydrogen-bond acceptors (Lipinski definition) is 2. The van der Waals surface area contributed by atoms with E-state index in [0.29, 0.717) is 0 Å². The van der Waals surface area contributed by atoms with Crippen molar-refractivity contribution in [1.82, 2.24) is 0 Å². The highest BCUT2D eigenvalue weighted by Crippen LogP contribution is 2.32. The summed E-state index contributed by atoms with van der Waals surface area (Å²) in [6, 6.07) is 22.5. The van der Waals surface area contributed by atoms with Crippen LogP contribution in [0.4, 0.5) is 11.4 Å². The molecule has 120 valence electrons. The number of hydrogen-bond donors (Lipinski definition) is 2. The van der Waals surface area contributed by atoms with Crippen LogP contribution < -0.4 is 28.4 Å². The largest absolute Gasteiger partial charge is 1.00 e. The number of nitrogen functional groups attached to an aromatic ring is 2. The van der Waals surface area contributed by atoms with Crippen LogP contribution in [0, 0.1) is 0 Å². The van der Waals surface area contributed by atoms with Gasteiger partial charge in [0.25, 0.3) is 0 Å². The van der Waals surface area contributed by atoms with Gasteiger partial charge in [0, 0.05) is 28.4 Å². The molecular weight excluding hydrogens is 318 g/mol. The Kier molecular flexibility index (Phi) is 4.04. The lowest BCUT2D eigenvalue weighted by Gasteiger charge is -2.10. The van der Waals surface area contributed by atoms with Crippen molar-refractivity contribution < 1.29 is 17.0 Å². The van der Waals surface area contributed by atoms with E-state index in [0.717, 1.165) is 28.0 Å². The number of fused-ring (bicyclic) bond motifs is 3. The van der Waals surface area contributed by atoms with Gasteiger partial charge in [-0.1, -0.05) is 24.3 Å². The molecule has 4 N–H and O–H groups in total. The van der Waals surface area contributed by atoms with Crippen LogP contribution in [0.1, 0.15) is 0 Å². The molecule has 0 aliphatic heterocycles. The third-order valence-corrected chi connectivity index (χ3v) is 4.35. The van der Waals surface area contributed by atoms with Gasteiger partial charge in [-0.25, -0.2) is 0 Å². The van der Waals surface area contributed by atoms with E-state index in [4.69, 9.17) is 11.5 Å². The van der Waals surface area contributed by atoms with Gasteiger partial charge in [-0.3, -0.25) is 0 Å². The first-order valence-electron chi connectivity index (χ1n) is 7.61. The van der Waals surface area contributed by atoms with E-state index in [9.17, 15) is 0 Å². The lowest BCUT2D eigenvalue weighted by molar-refractivity contribution is -0.632. The maximum atomic E-state index is 6.06. The Hall–Kier alpha value is -2.78. The first kappa shape index (κ1) is 16.1. The molecule has 0 aliphatic rings. The number of nitrogens with zero attached hydrogens (tertiary/aromatic N) is 1. The zero-order valence-electron chi connectivity index (χ0n) is 13.3. The number of pyridine rings is 1. The summed E-state index contributed by atoms with van der Waals surface area (Å²) >= 11 is 0. The van der Waals surface area contributed by atoms with E-state index >= 15 is 0 Å². The third kappa shape index (κ3) is 2.43. The first-order valence-corrected chi connectivity index (χ1v) is 7.61. The van der Waals surface area contributed by atoms with Crippen molar-refractivity contribution in [2.75, 3.05) is 11.5 Å². The molecule has 0 aliphatic carbocycles. The zero-order valence-corrected chi connectivity index (χ0v) is 14.1. The predicted octanol–water partition coefficient (Wildman–Crippen LogP) is 0.653. The first-order chi connectivity index (χ1) is 11.1. The summed E-state index contributed by atoms with van der Waals surface area (Å²) in [4.78, 5) is 0. The minimum Gasteiger partial charge on any atom is -1.00 e. The predicted molar refractivity (Wildman–Crippen MR) is 96.9 cm³/mol. The molecule has 0 atom stereocenters. The van der Waals surface area contributed by atoms with Gasteiger partial charge >= 0.3 is 0 Å². The van der Waals surface area contributed by atoms with Crippen LogP contribution in [0.25, 0.3) is 32.9 Å². The van der Waals surface area contributed by atoms with Gasteiger partial charge in [-0.15, -0.1) is 0 Å². The normalized spacial score (nSPS) is 10.7. The van der Waals surface area contributed by atoms with E-state index in [-0.39, 0.29) is 12.4 Å².